The molecule has 0 unspecified atom stereocenters. The molecule has 1 N–H and O–H groups in total. The first kappa shape index (κ1) is 16.1. The highest BCUT2D eigenvalue weighted by molar-refractivity contribution is 7.99. The normalized spacial score (nSPS) is 16.2. The van der Waals surface area contributed by atoms with Gasteiger partial charge in [-0.15, -0.1) is 10.2 Å². The third-order valence-corrected chi connectivity index (χ3v) is 5.06. The standard InChI is InChI=1S/C16H23N5OS/c1-13-18-19-16(21(13)20-10-6-7-11-20)23-12-15(22)17-14-8-4-2-3-5-9-14/h6-7,10-11,14H,2-5,8-9,12H2,1H3,(H,17,22). The van der Waals surface area contributed by atoms with Crippen LogP contribution in [0.4, 0.5) is 0 Å². The number of carbonyl (C=O) groups excluding carboxylic acids is 1. The smallest absolute Gasteiger partial charge is 0.230 e. The highest BCUT2D eigenvalue weighted by Crippen LogP contribution is 2.19. The maximum absolute atomic E-state index is 12.2. The van der Waals surface area contributed by atoms with Crippen molar-refractivity contribution in [3.05, 3.63) is 30.4 Å². The Kier molecular flexibility index (Phi) is 5.38. The van der Waals surface area contributed by atoms with Crippen molar-refractivity contribution in [2.75, 3.05) is 5.75 Å². The molecule has 7 heteroatoms. The number of hydrogen-bond acceptors (Lipinski definition) is 4. The van der Waals surface area contributed by atoms with Gasteiger partial charge >= 0.3 is 0 Å². The van der Waals surface area contributed by atoms with Gasteiger partial charge in [0.05, 0.1) is 5.75 Å². The second-order valence-corrected chi connectivity index (χ2v) is 6.89. The Morgan fingerprint density at radius 3 is 2.61 bits per heavy atom. The summed E-state index contributed by atoms with van der Waals surface area (Å²) in [6.45, 7) is 1.91. The summed E-state index contributed by atoms with van der Waals surface area (Å²) in [5.41, 5.74) is 0. The van der Waals surface area contributed by atoms with Gasteiger partial charge in [-0.25, -0.2) is 4.68 Å². The van der Waals surface area contributed by atoms with E-state index < -0.39 is 0 Å². The molecule has 2 heterocycles. The van der Waals surface area contributed by atoms with Gasteiger partial charge in [0.15, 0.2) is 5.82 Å². The lowest BCUT2D eigenvalue weighted by Crippen LogP contribution is -2.35. The number of aryl methyl sites for hydroxylation is 1. The molecule has 0 atom stereocenters. The molecule has 2 aromatic rings. The van der Waals surface area contributed by atoms with Crippen LogP contribution in [0, 0.1) is 6.92 Å². The molecule has 1 fully saturated rings. The second-order valence-electron chi connectivity index (χ2n) is 5.95. The molecular weight excluding hydrogens is 310 g/mol. The van der Waals surface area contributed by atoms with Crippen molar-refractivity contribution in [3.8, 4) is 0 Å². The number of aromatic nitrogens is 4. The Labute approximate surface area is 140 Å². The molecule has 0 aromatic carbocycles. The Balaban J connectivity index is 1.57. The summed E-state index contributed by atoms with van der Waals surface area (Å²) in [5.74, 6) is 1.25. The van der Waals surface area contributed by atoms with Gasteiger partial charge in [-0.1, -0.05) is 37.4 Å². The number of hydrogen-bond donors (Lipinski definition) is 1. The van der Waals surface area contributed by atoms with Gasteiger partial charge in [-0.2, -0.15) is 0 Å². The largest absolute Gasteiger partial charge is 0.353 e. The molecule has 1 aliphatic carbocycles. The van der Waals surface area contributed by atoms with Crippen molar-refractivity contribution < 1.29 is 4.79 Å². The Bertz CT molecular complexity index is 629. The first-order chi connectivity index (χ1) is 11.2. The summed E-state index contributed by atoms with van der Waals surface area (Å²) in [6.07, 6.45) is 11.1. The van der Waals surface area contributed by atoms with Crippen LogP contribution in [0.3, 0.4) is 0 Å². The summed E-state index contributed by atoms with van der Waals surface area (Å²) >= 11 is 1.42. The Morgan fingerprint density at radius 2 is 1.91 bits per heavy atom. The summed E-state index contributed by atoms with van der Waals surface area (Å²) in [5, 5.41) is 12.2. The van der Waals surface area contributed by atoms with E-state index in [-0.39, 0.29) is 5.91 Å². The van der Waals surface area contributed by atoms with E-state index in [9.17, 15) is 4.79 Å². The van der Waals surface area contributed by atoms with Crippen LogP contribution in [0.5, 0.6) is 0 Å². The van der Waals surface area contributed by atoms with Crippen molar-refractivity contribution in [1.29, 1.82) is 0 Å². The van der Waals surface area contributed by atoms with Gasteiger partial charge in [-0.05, 0) is 31.9 Å². The van der Waals surface area contributed by atoms with Crippen LogP contribution < -0.4 is 5.32 Å². The molecule has 0 bridgehead atoms. The Hall–Kier alpha value is -1.76. The van der Waals surface area contributed by atoms with Crippen LogP contribution in [0.1, 0.15) is 44.3 Å². The molecule has 1 aliphatic rings. The van der Waals surface area contributed by atoms with Crippen molar-refractivity contribution in [2.24, 2.45) is 0 Å². The fourth-order valence-electron chi connectivity index (χ4n) is 2.98. The van der Waals surface area contributed by atoms with Crippen molar-refractivity contribution in [3.63, 3.8) is 0 Å². The zero-order chi connectivity index (χ0) is 16.1. The van der Waals surface area contributed by atoms with Crippen LogP contribution in [0.2, 0.25) is 0 Å². The molecule has 1 saturated carbocycles. The van der Waals surface area contributed by atoms with Gasteiger partial charge in [0.1, 0.15) is 0 Å². The van der Waals surface area contributed by atoms with Gasteiger partial charge < -0.3 is 5.32 Å². The maximum Gasteiger partial charge on any atom is 0.230 e. The lowest BCUT2D eigenvalue weighted by atomic mass is 10.1. The molecule has 124 valence electrons. The van der Waals surface area contributed by atoms with Gasteiger partial charge in [0.2, 0.25) is 11.1 Å². The number of amides is 1. The van der Waals surface area contributed by atoms with E-state index in [0.717, 1.165) is 23.8 Å². The highest BCUT2D eigenvalue weighted by Gasteiger charge is 2.16. The minimum absolute atomic E-state index is 0.0848. The zero-order valence-corrected chi connectivity index (χ0v) is 14.3. The molecule has 0 aliphatic heterocycles. The number of carbonyl (C=O) groups is 1. The van der Waals surface area contributed by atoms with Crippen LogP contribution >= 0.6 is 11.8 Å². The molecule has 3 rings (SSSR count). The molecular formula is C16H23N5OS. The Morgan fingerprint density at radius 1 is 1.22 bits per heavy atom. The SMILES string of the molecule is Cc1nnc(SCC(=O)NC2CCCCCC2)n1-n1cccc1. The summed E-state index contributed by atoms with van der Waals surface area (Å²) in [7, 11) is 0. The first-order valence-corrected chi connectivity index (χ1v) is 9.20. The van der Waals surface area contributed by atoms with Crippen LogP contribution in [-0.2, 0) is 4.79 Å². The van der Waals surface area contributed by atoms with E-state index in [2.05, 4.69) is 15.5 Å². The molecule has 0 spiro atoms. The number of nitrogens with zero attached hydrogens (tertiary/aromatic N) is 4. The third-order valence-electron chi connectivity index (χ3n) is 4.14. The molecule has 0 saturated heterocycles. The molecule has 2 aromatic heterocycles. The fraction of sp³-hybridized carbons (Fsp3) is 0.562. The topological polar surface area (TPSA) is 64.7 Å². The van der Waals surface area contributed by atoms with E-state index in [1.54, 1.807) is 0 Å². The highest BCUT2D eigenvalue weighted by atomic mass is 32.2. The predicted octanol–water partition coefficient (Wildman–Crippen LogP) is 2.63. The average Bonchev–Trinajstić information content (AvgIpc) is 3.10. The van der Waals surface area contributed by atoms with Crippen LogP contribution in [0.25, 0.3) is 0 Å². The van der Waals surface area contributed by atoms with E-state index in [0.29, 0.717) is 11.8 Å². The van der Waals surface area contributed by atoms with Gasteiger partial charge in [-0.3, -0.25) is 9.47 Å². The predicted molar refractivity (Wildman–Crippen MR) is 90.3 cm³/mol. The monoisotopic (exact) mass is 333 g/mol. The lowest BCUT2D eigenvalue weighted by Gasteiger charge is -2.16. The van der Waals surface area contributed by atoms with Gasteiger partial charge in [0.25, 0.3) is 0 Å². The van der Waals surface area contributed by atoms with Crippen molar-refractivity contribution >= 4 is 17.7 Å². The van der Waals surface area contributed by atoms with Crippen molar-refractivity contribution in [1.82, 2.24) is 24.9 Å². The maximum atomic E-state index is 12.2. The quantitative estimate of drug-likeness (QED) is 0.675. The summed E-state index contributed by atoms with van der Waals surface area (Å²) in [6, 6.07) is 4.24. The number of nitrogens with one attached hydrogen (secondary N) is 1. The van der Waals surface area contributed by atoms with E-state index in [4.69, 9.17) is 0 Å². The second kappa shape index (κ2) is 7.68. The summed E-state index contributed by atoms with van der Waals surface area (Å²) in [4.78, 5) is 12.2. The number of rotatable bonds is 5. The molecule has 1 amide bonds. The average molecular weight is 333 g/mol. The lowest BCUT2D eigenvalue weighted by molar-refractivity contribution is -0.119. The number of thioether (sulfide) groups is 1. The first-order valence-electron chi connectivity index (χ1n) is 8.22. The fourth-order valence-corrected chi connectivity index (χ4v) is 3.77. The molecule has 0 radical (unpaired) electrons. The van der Waals surface area contributed by atoms with Crippen LogP contribution in [-0.4, -0.2) is 37.3 Å². The molecule has 6 nitrogen and oxygen atoms in total. The molecule has 23 heavy (non-hydrogen) atoms. The minimum Gasteiger partial charge on any atom is -0.353 e. The van der Waals surface area contributed by atoms with Gasteiger partial charge in [0, 0.05) is 18.4 Å². The minimum atomic E-state index is 0.0848. The van der Waals surface area contributed by atoms with Crippen LogP contribution in [0.15, 0.2) is 29.7 Å². The van der Waals surface area contributed by atoms with E-state index in [1.165, 1.54) is 37.4 Å². The van der Waals surface area contributed by atoms with Crippen molar-refractivity contribution in [2.45, 2.75) is 56.6 Å². The summed E-state index contributed by atoms with van der Waals surface area (Å²) < 4.78 is 3.82. The van der Waals surface area contributed by atoms with E-state index in [1.807, 2.05) is 40.8 Å². The van der Waals surface area contributed by atoms with E-state index >= 15 is 0 Å². The third kappa shape index (κ3) is 4.16. The zero-order valence-electron chi connectivity index (χ0n) is 13.4.